The van der Waals surface area contributed by atoms with Gasteiger partial charge < -0.3 is 9.84 Å². The Morgan fingerprint density at radius 1 is 1.45 bits per heavy atom. The second kappa shape index (κ2) is 1.61. The Bertz CT molecular complexity index is 225. The molecule has 3 aliphatic rings. The fourth-order valence-electron chi connectivity index (χ4n) is 2.92. The van der Waals surface area contributed by atoms with Gasteiger partial charge in [-0.05, 0) is 18.8 Å². The van der Waals surface area contributed by atoms with Crippen LogP contribution >= 0.6 is 0 Å². The van der Waals surface area contributed by atoms with Crippen LogP contribution in [-0.2, 0) is 9.53 Å². The quantitative estimate of drug-likeness (QED) is 0.497. The molecule has 0 aromatic heterocycles. The lowest BCUT2D eigenvalue weighted by molar-refractivity contribution is -0.145. The van der Waals surface area contributed by atoms with E-state index in [1.54, 1.807) is 0 Å². The summed E-state index contributed by atoms with van der Waals surface area (Å²) >= 11 is 0. The summed E-state index contributed by atoms with van der Waals surface area (Å²) in [5.74, 6) is 0.761. The molecule has 0 aromatic rings. The monoisotopic (exact) mass is 154 g/mol. The van der Waals surface area contributed by atoms with Crippen LogP contribution < -0.4 is 0 Å². The Morgan fingerprint density at radius 3 is 2.91 bits per heavy atom. The van der Waals surface area contributed by atoms with Crippen molar-refractivity contribution in [2.45, 2.75) is 25.0 Å². The SMILES string of the molecule is O=C1O[C@H]2[C@H](O)[C@@H]3C[C@H]2[C@H]1C3. The number of hydrogen-bond acceptors (Lipinski definition) is 3. The first-order valence-corrected chi connectivity index (χ1v) is 4.16. The van der Waals surface area contributed by atoms with Crippen LogP contribution in [0.5, 0.6) is 0 Å². The number of esters is 1. The predicted molar refractivity (Wildman–Crippen MR) is 35.6 cm³/mol. The van der Waals surface area contributed by atoms with Gasteiger partial charge in [0.25, 0.3) is 0 Å². The van der Waals surface area contributed by atoms with Crippen molar-refractivity contribution in [3.8, 4) is 0 Å². The molecule has 0 aromatic carbocycles. The molecular formula is C8H10O3. The molecule has 11 heavy (non-hydrogen) atoms. The van der Waals surface area contributed by atoms with Gasteiger partial charge in [-0.25, -0.2) is 0 Å². The first-order valence-electron chi connectivity index (χ1n) is 4.16. The summed E-state index contributed by atoms with van der Waals surface area (Å²) in [5, 5.41) is 9.55. The van der Waals surface area contributed by atoms with Crippen LogP contribution in [0.25, 0.3) is 0 Å². The molecule has 2 saturated carbocycles. The Morgan fingerprint density at radius 2 is 2.27 bits per heavy atom. The van der Waals surface area contributed by atoms with Gasteiger partial charge >= 0.3 is 5.97 Å². The van der Waals surface area contributed by atoms with Crippen molar-refractivity contribution in [1.82, 2.24) is 0 Å². The predicted octanol–water partition coefficient (Wildman–Crippen LogP) is -0.0713. The Labute approximate surface area is 64.3 Å². The van der Waals surface area contributed by atoms with Gasteiger partial charge in [-0.15, -0.1) is 0 Å². The molecule has 0 amide bonds. The zero-order valence-electron chi connectivity index (χ0n) is 6.06. The van der Waals surface area contributed by atoms with E-state index in [9.17, 15) is 9.90 Å². The summed E-state index contributed by atoms with van der Waals surface area (Å²) in [6.07, 6.45) is 1.36. The third-order valence-corrected chi connectivity index (χ3v) is 3.44. The van der Waals surface area contributed by atoms with Gasteiger partial charge in [0.2, 0.25) is 0 Å². The molecule has 60 valence electrons. The normalized spacial score (nSPS) is 58.6. The lowest BCUT2D eigenvalue weighted by atomic mass is 9.88. The molecule has 1 N–H and O–H groups in total. The summed E-state index contributed by atoms with van der Waals surface area (Å²) in [7, 11) is 0. The zero-order valence-corrected chi connectivity index (χ0v) is 6.06. The van der Waals surface area contributed by atoms with E-state index < -0.39 is 0 Å². The summed E-state index contributed by atoms with van der Waals surface area (Å²) in [4.78, 5) is 11.1. The lowest BCUT2D eigenvalue weighted by Gasteiger charge is -2.19. The minimum atomic E-state index is -0.359. The van der Waals surface area contributed by atoms with Crippen LogP contribution in [0.15, 0.2) is 0 Å². The van der Waals surface area contributed by atoms with Crippen molar-refractivity contribution < 1.29 is 14.6 Å². The van der Waals surface area contributed by atoms with E-state index in [1.165, 1.54) is 0 Å². The van der Waals surface area contributed by atoms with Crippen LogP contribution in [0.2, 0.25) is 0 Å². The number of carbonyl (C=O) groups is 1. The summed E-state index contributed by atoms with van der Waals surface area (Å²) < 4.78 is 5.06. The maximum absolute atomic E-state index is 11.1. The largest absolute Gasteiger partial charge is 0.459 e. The number of fused-ring (bicyclic) bond motifs is 1. The summed E-state index contributed by atoms with van der Waals surface area (Å²) in [6, 6.07) is 0. The van der Waals surface area contributed by atoms with Gasteiger partial charge in [-0.1, -0.05) is 0 Å². The molecule has 1 aliphatic heterocycles. The third-order valence-electron chi connectivity index (χ3n) is 3.44. The van der Waals surface area contributed by atoms with Gasteiger partial charge in [-0.3, -0.25) is 4.79 Å². The zero-order chi connectivity index (χ0) is 7.59. The van der Waals surface area contributed by atoms with Gasteiger partial charge in [0, 0.05) is 5.92 Å². The van der Waals surface area contributed by atoms with E-state index in [-0.39, 0.29) is 24.1 Å². The summed E-state index contributed by atoms with van der Waals surface area (Å²) in [6.45, 7) is 0. The molecule has 3 fully saturated rings. The Balaban J connectivity index is 2.04. The smallest absolute Gasteiger partial charge is 0.309 e. The first-order chi connectivity index (χ1) is 5.27. The number of hydrogen-bond donors (Lipinski definition) is 1. The third kappa shape index (κ3) is 0.527. The standard InChI is InChI=1S/C8H10O3/c9-6-3-1-4-5(2-3)8(10)11-7(4)6/h3-7,9H,1-2H2/t3-,4+,5-,6-,7-/m1/s1. The highest BCUT2D eigenvalue weighted by Gasteiger charge is 2.61. The molecule has 2 aliphatic carbocycles. The van der Waals surface area contributed by atoms with Crippen molar-refractivity contribution in [3.05, 3.63) is 0 Å². The van der Waals surface area contributed by atoms with Crippen LogP contribution in [0, 0.1) is 17.8 Å². The molecule has 0 radical (unpaired) electrons. The number of aliphatic hydroxyl groups is 1. The topological polar surface area (TPSA) is 46.5 Å². The minimum Gasteiger partial charge on any atom is -0.459 e. The average Bonchev–Trinajstić information content (AvgIpc) is 2.53. The lowest BCUT2D eigenvalue weighted by Crippen LogP contribution is -2.31. The van der Waals surface area contributed by atoms with Crippen molar-refractivity contribution >= 4 is 5.97 Å². The van der Waals surface area contributed by atoms with Gasteiger partial charge in [0.15, 0.2) is 0 Å². The van der Waals surface area contributed by atoms with E-state index >= 15 is 0 Å². The minimum absolute atomic E-state index is 0.0703. The molecule has 3 heteroatoms. The molecule has 3 nitrogen and oxygen atoms in total. The average molecular weight is 154 g/mol. The highest BCUT2D eigenvalue weighted by atomic mass is 16.6. The Hall–Kier alpha value is -0.570. The summed E-state index contributed by atoms with van der Waals surface area (Å²) in [5.41, 5.74) is 0. The highest BCUT2D eigenvalue weighted by molar-refractivity contribution is 5.76. The van der Waals surface area contributed by atoms with Gasteiger partial charge in [-0.2, -0.15) is 0 Å². The fourth-order valence-corrected chi connectivity index (χ4v) is 2.92. The second-order valence-electron chi connectivity index (χ2n) is 3.89. The molecule has 1 heterocycles. The van der Waals surface area contributed by atoms with Crippen LogP contribution in [0.3, 0.4) is 0 Å². The van der Waals surface area contributed by atoms with E-state index in [0.717, 1.165) is 12.8 Å². The van der Waals surface area contributed by atoms with E-state index in [2.05, 4.69) is 0 Å². The molecule has 2 bridgehead atoms. The number of aliphatic hydroxyl groups excluding tert-OH is 1. The van der Waals surface area contributed by atoms with Crippen LogP contribution in [0.4, 0.5) is 0 Å². The number of ether oxygens (including phenoxy) is 1. The number of carbonyl (C=O) groups excluding carboxylic acids is 1. The van der Waals surface area contributed by atoms with Crippen molar-refractivity contribution in [3.63, 3.8) is 0 Å². The highest BCUT2D eigenvalue weighted by Crippen LogP contribution is 2.54. The van der Waals surface area contributed by atoms with Crippen molar-refractivity contribution in [2.75, 3.05) is 0 Å². The van der Waals surface area contributed by atoms with Crippen molar-refractivity contribution in [1.29, 1.82) is 0 Å². The Kier molecular flexibility index (Phi) is 0.876. The molecule has 5 atom stereocenters. The number of rotatable bonds is 0. The molecule has 1 saturated heterocycles. The van der Waals surface area contributed by atoms with E-state index in [0.29, 0.717) is 11.8 Å². The molecule has 3 rings (SSSR count). The van der Waals surface area contributed by atoms with Crippen LogP contribution in [0.1, 0.15) is 12.8 Å². The van der Waals surface area contributed by atoms with Crippen molar-refractivity contribution in [2.24, 2.45) is 17.8 Å². The maximum atomic E-state index is 11.1. The first kappa shape index (κ1) is 6.00. The van der Waals surface area contributed by atoms with E-state index in [1.807, 2.05) is 0 Å². The molecular weight excluding hydrogens is 144 g/mol. The molecule has 0 spiro atoms. The van der Waals surface area contributed by atoms with Gasteiger partial charge in [0.05, 0.1) is 12.0 Å². The van der Waals surface area contributed by atoms with Gasteiger partial charge in [0.1, 0.15) is 6.10 Å². The second-order valence-corrected chi connectivity index (χ2v) is 3.89. The van der Waals surface area contributed by atoms with Crippen LogP contribution in [-0.4, -0.2) is 23.3 Å². The fraction of sp³-hybridized carbons (Fsp3) is 0.875. The van der Waals surface area contributed by atoms with E-state index in [4.69, 9.17) is 4.74 Å². The molecule has 0 unspecified atom stereocenters. The maximum Gasteiger partial charge on any atom is 0.309 e.